The van der Waals surface area contributed by atoms with E-state index in [1.54, 1.807) is 0 Å². The van der Waals surface area contributed by atoms with Crippen molar-refractivity contribution in [3.05, 3.63) is 0 Å². The third-order valence-electron chi connectivity index (χ3n) is 4.39. The van der Waals surface area contributed by atoms with E-state index in [0.717, 1.165) is 10.7 Å². The molecule has 11 heteroatoms. The Kier molecular flexibility index (Phi) is 5.97. The highest BCUT2D eigenvalue weighted by atomic mass is 32.2. The molecule has 0 radical (unpaired) electrons. The van der Waals surface area contributed by atoms with Crippen molar-refractivity contribution in [2.75, 3.05) is 45.0 Å². The summed E-state index contributed by atoms with van der Waals surface area (Å²) in [6.07, 6.45) is -3.90. The monoisotopic (exact) mass is 373 g/mol. The van der Waals surface area contributed by atoms with Gasteiger partial charge in [0, 0.05) is 45.3 Å². The lowest BCUT2D eigenvalue weighted by atomic mass is 10.0. The molecule has 2 aliphatic rings. The second-order valence-electron chi connectivity index (χ2n) is 6.20. The molecule has 0 aliphatic carbocycles. The van der Waals surface area contributed by atoms with Gasteiger partial charge in [0.1, 0.15) is 0 Å². The fourth-order valence-electron chi connectivity index (χ4n) is 3.23. The summed E-state index contributed by atoms with van der Waals surface area (Å²) in [5.74, 6) is -1.83. The molecule has 0 aromatic rings. The molecule has 0 bridgehead atoms. The van der Waals surface area contributed by atoms with Crippen LogP contribution in [0.1, 0.15) is 19.3 Å². The van der Waals surface area contributed by atoms with Crippen molar-refractivity contribution in [2.24, 2.45) is 0 Å². The maximum Gasteiger partial charge on any atom is 0.407 e. The van der Waals surface area contributed by atoms with E-state index in [9.17, 15) is 26.4 Å². The van der Waals surface area contributed by atoms with Gasteiger partial charge in [-0.3, -0.25) is 4.90 Å². The van der Waals surface area contributed by atoms with Crippen LogP contribution in [0.3, 0.4) is 0 Å². The maximum absolute atomic E-state index is 12.5. The van der Waals surface area contributed by atoms with Crippen molar-refractivity contribution in [1.82, 2.24) is 14.1 Å². The number of hydrogen-bond donors (Lipinski definition) is 1. The molecule has 1 unspecified atom stereocenters. The number of sulfonamides is 1. The molecule has 2 fully saturated rings. The van der Waals surface area contributed by atoms with Crippen LogP contribution in [0.2, 0.25) is 0 Å². The fraction of sp³-hybridized carbons (Fsp3) is 0.923. The molecular formula is C13H22F3N3O4S. The van der Waals surface area contributed by atoms with Gasteiger partial charge >= 0.3 is 12.3 Å². The fourth-order valence-corrected chi connectivity index (χ4v) is 4.85. The van der Waals surface area contributed by atoms with Gasteiger partial charge in [-0.2, -0.15) is 17.5 Å². The molecule has 1 atom stereocenters. The largest absolute Gasteiger partial charge is 0.465 e. The first-order valence-corrected chi connectivity index (χ1v) is 9.46. The van der Waals surface area contributed by atoms with Crippen molar-refractivity contribution in [2.45, 2.75) is 31.5 Å². The second kappa shape index (κ2) is 7.44. The standard InChI is InChI=1S/C13H22F3N3O4S/c14-13(15,16)10-24(22,23)19-4-2-1-3-11(19)9-17-5-7-18(8-6-17)12(20)21/h11H,1-10H2,(H,20,21). The van der Waals surface area contributed by atoms with Gasteiger partial charge in [0.05, 0.1) is 0 Å². The van der Waals surface area contributed by atoms with Crippen LogP contribution >= 0.6 is 0 Å². The van der Waals surface area contributed by atoms with Crippen molar-refractivity contribution < 1.29 is 31.5 Å². The van der Waals surface area contributed by atoms with Crippen LogP contribution in [0.25, 0.3) is 0 Å². The topological polar surface area (TPSA) is 81.2 Å². The van der Waals surface area contributed by atoms with E-state index >= 15 is 0 Å². The van der Waals surface area contributed by atoms with E-state index in [4.69, 9.17) is 5.11 Å². The number of piperazine rings is 1. The lowest BCUT2D eigenvalue weighted by molar-refractivity contribution is -0.107. The van der Waals surface area contributed by atoms with E-state index in [2.05, 4.69) is 0 Å². The summed E-state index contributed by atoms with van der Waals surface area (Å²) in [4.78, 5) is 14.1. The summed E-state index contributed by atoms with van der Waals surface area (Å²) in [6, 6.07) is -0.484. The number of piperidine rings is 1. The lowest BCUT2D eigenvalue weighted by Gasteiger charge is -2.40. The normalized spacial score (nSPS) is 25.0. The Bertz CT molecular complexity index is 547. The summed E-state index contributed by atoms with van der Waals surface area (Å²) >= 11 is 0. The average Bonchev–Trinajstić information content (AvgIpc) is 2.45. The summed E-state index contributed by atoms with van der Waals surface area (Å²) < 4.78 is 62.8. The van der Waals surface area contributed by atoms with Gasteiger partial charge in [-0.25, -0.2) is 13.2 Å². The van der Waals surface area contributed by atoms with Gasteiger partial charge in [-0.05, 0) is 12.8 Å². The van der Waals surface area contributed by atoms with E-state index in [1.807, 2.05) is 4.90 Å². The van der Waals surface area contributed by atoms with Gasteiger partial charge in [-0.15, -0.1) is 0 Å². The third-order valence-corrected chi connectivity index (χ3v) is 6.28. The SMILES string of the molecule is O=C(O)N1CCN(CC2CCCCN2S(=O)(=O)CC(F)(F)F)CC1. The van der Waals surface area contributed by atoms with Crippen LogP contribution in [-0.4, -0.2) is 91.0 Å². The van der Waals surface area contributed by atoms with Crippen LogP contribution in [-0.2, 0) is 10.0 Å². The molecule has 1 N–H and O–H groups in total. The molecule has 2 rings (SSSR count). The number of rotatable bonds is 4. The first kappa shape index (κ1) is 19.3. The highest BCUT2D eigenvalue weighted by Gasteiger charge is 2.42. The van der Waals surface area contributed by atoms with E-state index in [1.165, 1.54) is 4.90 Å². The molecular weight excluding hydrogens is 351 g/mol. The van der Waals surface area contributed by atoms with E-state index in [0.29, 0.717) is 45.6 Å². The number of carbonyl (C=O) groups is 1. The summed E-state index contributed by atoms with van der Waals surface area (Å²) in [6.45, 7) is 1.99. The maximum atomic E-state index is 12.5. The molecule has 2 saturated heterocycles. The molecule has 2 aliphatic heterocycles. The average molecular weight is 373 g/mol. The Morgan fingerprint density at radius 2 is 1.71 bits per heavy atom. The van der Waals surface area contributed by atoms with Crippen LogP contribution in [0.4, 0.5) is 18.0 Å². The van der Waals surface area contributed by atoms with Crippen LogP contribution < -0.4 is 0 Å². The Morgan fingerprint density at radius 1 is 1.08 bits per heavy atom. The lowest BCUT2D eigenvalue weighted by Crippen LogP contribution is -2.55. The van der Waals surface area contributed by atoms with Crippen molar-refractivity contribution >= 4 is 16.1 Å². The summed E-state index contributed by atoms with van der Waals surface area (Å²) in [5, 5.41) is 8.92. The first-order chi connectivity index (χ1) is 11.1. The van der Waals surface area contributed by atoms with Crippen molar-refractivity contribution in [3.63, 3.8) is 0 Å². The van der Waals surface area contributed by atoms with Gasteiger partial charge in [-0.1, -0.05) is 6.42 Å². The van der Waals surface area contributed by atoms with Gasteiger partial charge in [0.15, 0.2) is 5.75 Å². The number of halogens is 3. The molecule has 1 amide bonds. The highest BCUT2D eigenvalue weighted by Crippen LogP contribution is 2.26. The summed E-state index contributed by atoms with van der Waals surface area (Å²) in [5.41, 5.74) is 0. The minimum Gasteiger partial charge on any atom is -0.465 e. The van der Waals surface area contributed by atoms with Gasteiger partial charge in [0.2, 0.25) is 10.0 Å². The third kappa shape index (κ3) is 5.21. The number of alkyl halides is 3. The zero-order valence-electron chi connectivity index (χ0n) is 13.2. The number of nitrogens with zero attached hydrogens (tertiary/aromatic N) is 3. The molecule has 24 heavy (non-hydrogen) atoms. The first-order valence-electron chi connectivity index (χ1n) is 7.85. The second-order valence-corrected chi connectivity index (χ2v) is 8.12. The highest BCUT2D eigenvalue weighted by molar-refractivity contribution is 7.89. The van der Waals surface area contributed by atoms with Crippen LogP contribution in [0, 0.1) is 0 Å². The smallest absolute Gasteiger partial charge is 0.407 e. The van der Waals surface area contributed by atoms with E-state index in [-0.39, 0.29) is 6.54 Å². The zero-order chi connectivity index (χ0) is 18.0. The molecule has 0 saturated carbocycles. The summed E-state index contributed by atoms with van der Waals surface area (Å²) in [7, 11) is -4.39. The predicted molar refractivity (Wildman–Crippen MR) is 80.2 cm³/mol. The minimum absolute atomic E-state index is 0.109. The molecule has 0 aromatic carbocycles. The number of hydrogen-bond acceptors (Lipinski definition) is 4. The van der Waals surface area contributed by atoms with Gasteiger partial charge in [0.25, 0.3) is 0 Å². The number of amides is 1. The molecule has 0 aromatic heterocycles. The molecule has 7 nitrogen and oxygen atoms in total. The Morgan fingerprint density at radius 3 is 2.25 bits per heavy atom. The van der Waals surface area contributed by atoms with Crippen LogP contribution in [0.15, 0.2) is 0 Å². The molecule has 140 valence electrons. The zero-order valence-corrected chi connectivity index (χ0v) is 14.0. The minimum atomic E-state index is -4.76. The number of carboxylic acid groups (broad SMARTS) is 1. The Labute approximate surface area is 139 Å². The van der Waals surface area contributed by atoms with Crippen molar-refractivity contribution in [1.29, 1.82) is 0 Å². The van der Waals surface area contributed by atoms with E-state index < -0.39 is 34.1 Å². The molecule has 2 heterocycles. The van der Waals surface area contributed by atoms with Gasteiger partial charge < -0.3 is 10.0 Å². The van der Waals surface area contributed by atoms with Crippen LogP contribution in [0.5, 0.6) is 0 Å². The predicted octanol–water partition coefficient (Wildman–Crippen LogP) is 1.03. The quantitative estimate of drug-likeness (QED) is 0.796. The molecule has 0 spiro atoms. The Hall–Kier alpha value is -1.07. The Balaban J connectivity index is 1.99. The van der Waals surface area contributed by atoms with Crippen molar-refractivity contribution in [3.8, 4) is 0 Å².